The van der Waals surface area contributed by atoms with Crippen LogP contribution in [0, 0.1) is 0 Å². The summed E-state index contributed by atoms with van der Waals surface area (Å²) in [6.07, 6.45) is -1.29. The standard InChI is InChI=1S/C19H15F3N6O5S2/c20-19(21,22)14-11(26-18(23)35-14)12(27-33)15(29)25-10-8-1-2-9(34-7-3-5-24-6-4-7)13(17(31)32)28(8)16(10)30/h3-6,8,10,33H,1-2H2,(H2,23,26)(H,25,29)(H,31,32)/b27-12-. The number of allylic oxidation sites excluding steroid dienone is 1. The molecule has 2 atom stereocenters. The SMILES string of the molecule is Nc1nc(/C(=N/O)C(=O)NC2C(=O)N3C(C(=O)O)=C(Sc4ccncc4)CCC23)c(C(F)(F)F)s1. The van der Waals surface area contributed by atoms with Crippen molar-refractivity contribution >= 4 is 51.7 Å². The molecule has 0 spiro atoms. The number of nitrogens with two attached hydrogens (primary N) is 1. The lowest BCUT2D eigenvalue weighted by atomic mass is 9.86. The molecule has 0 bridgehead atoms. The molecule has 16 heteroatoms. The number of halogens is 3. The van der Waals surface area contributed by atoms with Crippen molar-refractivity contribution in [2.24, 2.45) is 5.16 Å². The zero-order valence-corrected chi connectivity index (χ0v) is 18.9. The number of nitrogen functional groups attached to an aromatic ring is 1. The molecule has 2 unspecified atom stereocenters. The fraction of sp³-hybridized carbons (Fsp3) is 0.263. The number of carbonyl (C=O) groups excluding carboxylic acids is 2. The van der Waals surface area contributed by atoms with Gasteiger partial charge in [0.25, 0.3) is 11.8 Å². The summed E-state index contributed by atoms with van der Waals surface area (Å²) in [7, 11) is 0. The summed E-state index contributed by atoms with van der Waals surface area (Å²) in [5, 5.41) is 23.3. The second-order valence-electron chi connectivity index (χ2n) is 7.30. The molecule has 11 nitrogen and oxygen atoms in total. The Morgan fingerprint density at radius 3 is 2.60 bits per heavy atom. The average Bonchev–Trinajstić information content (AvgIpc) is 3.20. The number of aromatic nitrogens is 2. The van der Waals surface area contributed by atoms with Crippen LogP contribution in [0.5, 0.6) is 0 Å². The predicted octanol–water partition coefficient (Wildman–Crippen LogP) is 1.90. The molecular weight excluding hydrogens is 513 g/mol. The number of carboxylic acid groups (broad SMARTS) is 1. The Labute approximate surface area is 202 Å². The quantitative estimate of drug-likeness (QED) is 0.189. The number of amides is 2. The lowest BCUT2D eigenvalue weighted by Gasteiger charge is -2.50. The van der Waals surface area contributed by atoms with E-state index in [9.17, 15) is 37.9 Å². The molecule has 2 aromatic rings. The third-order valence-electron chi connectivity index (χ3n) is 5.21. The highest BCUT2D eigenvalue weighted by Crippen LogP contribution is 2.43. The smallest absolute Gasteiger partial charge is 0.427 e. The van der Waals surface area contributed by atoms with Crippen LogP contribution in [-0.4, -0.2) is 60.8 Å². The number of thiazole rings is 1. The van der Waals surface area contributed by atoms with Gasteiger partial charge in [-0.2, -0.15) is 13.2 Å². The first-order valence-corrected chi connectivity index (χ1v) is 11.4. The van der Waals surface area contributed by atoms with Crippen molar-refractivity contribution < 1.29 is 37.9 Å². The van der Waals surface area contributed by atoms with Crippen molar-refractivity contribution in [2.75, 3.05) is 5.73 Å². The second-order valence-corrected chi connectivity index (χ2v) is 9.50. The number of nitrogens with zero attached hydrogens (tertiary/aromatic N) is 4. The van der Waals surface area contributed by atoms with Crippen LogP contribution in [0.4, 0.5) is 18.3 Å². The van der Waals surface area contributed by atoms with E-state index in [0.29, 0.717) is 4.91 Å². The number of thioether (sulfide) groups is 1. The number of hydrogen-bond donors (Lipinski definition) is 4. The molecule has 184 valence electrons. The van der Waals surface area contributed by atoms with Crippen LogP contribution in [-0.2, 0) is 20.6 Å². The summed E-state index contributed by atoms with van der Waals surface area (Å²) in [5.74, 6) is -3.40. The highest BCUT2D eigenvalue weighted by molar-refractivity contribution is 8.03. The molecule has 0 saturated carbocycles. The average molecular weight is 528 g/mol. The van der Waals surface area contributed by atoms with Crippen LogP contribution in [0.25, 0.3) is 0 Å². The first kappa shape index (κ1) is 24.5. The molecule has 0 aliphatic carbocycles. The minimum absolute atomic E-state index is 0.0611. The number of oxime groups is 1. The lowest BCUT2D eigenvalue weighted by molar-refractivity contribution is -0.155. The Morgan fingerprint density at radius 2 is 2.00 bits per heavy atom. The van der Waals surface area contributed by atoms with Gasteiger partial charge in [0.05, 0.1) is 6.04 Å². The largest absolute Gasteiger partial charge is 0.477 e. The number of aliphatic carboxylic acids is 1. The summed E-state index contributed by atoms with van der Waals surface area (Å²) < 4.78 is 39.8. The monoisotopic (exact) mass is 528 g/mol. The van der Waals surface area contributed by atoms with Crippen LogP contribution >= 0.6 is 23.1 Å². The molecule has 2 aliphatic rings. The molecule has 4 heterocycles. The van der Waals surface area contributed by atoms with Gasteiger partial charge in [-0.05, 0) is 25.0 Å². The molecule has 5 N–H and O–H groups in total. The van der Waals surface area contributed by atoms with Crippen molar-refractivity contribution in [3.8, 4) is 0 Å². The van der Waals surface area contributed by atoms with E-state index in [1.54, 1.807) is 12.1 Å². The van der Waals surface area contributed by atoms with E-state index in [1.807, 2.05) is 0 Å². The van der Waals surface area contributed by atoms with Crippen molar-refractivity contribution in [3.63, 3.8) is 0 Å². The zero-order chi connectivity index (χ0) is 25.5. The van der Waals surface area contributed by atoms with Gasteiger partial charge in [0.1, 0.15) is 22.3 Å². The molecule has 1 fully saturated rings. The second kappa shape index (κ2) is 9.18. The minimum Gasteiger partial charge on any atom is -0.477 e. The molecule has 0 radical (unpaired) electrons. The third-order valence-corrected chi connectivity index (χ3v) is 7.29. The number of rotatable bonds is 6. The van der Waals surface area contributed by atoms with E-state index in [2.05, 4.69) is 20.4 Å². The van der Waals surface area contributed by atoms with Gasteiger partial charge in [-0.15, -0.1) is 0 Å². The van der Waals surface area contributed by atoms with Crippen molar-refractivity contribution in [1.29, 1.82) is 0 Å². The maximum absolute atomic E-state index is 13.3. The van der Waals surface area contributed by atoms with Crippen molar-refractivity contribution in [1.82, 2.24) is 20.2 Å². The molecule has 4 rings (SSSR count). The first-order valence-electron chi connectivity index (χ1n) is 9.77. The molecule has 1 saturated heterocycles. The van der Waals surface area contributed by atoms with Crippen molar-refractivity contribution in [2.45, 2.75) is 36.0 Å². The van der Waals surface area contributed by atoms with Crippen LogP contribution in [0.2, 0.25) is 0 Å². The van der Waals surface area contributed by atoms with Gasteiger partial charge >= 0.3 is 12.1 Å². The number of hydrogen-bond acceptors (Lipinski definition) is 10. The fourth-order valence-electron chi connectivity index (χ4n) is 3.78. The fourth-order valence-corrected chi connectivity index (χ4v) is 5.52. The summed E-state index contributed by atoms with van der Waals surface area (Å²) in [6, 6.07) is 1.38. The van der Waals surface area contributed by atoms with E-state index >= 15 is 0 Å². The lowest BCUT2D eigenvalue weighted by Crippen LogP contribution is -2.72. The van der Waals surface area contributed by atoms with Gasteiger partial charge in [0.2, 0.25) is 0 Å². The highest BCUT2D eigenvalue weighted by Gasteiger charge is 2.54. The number of carboxylic acids is 1. The Balaban J connectivity index is 1.55. The van der Waals surface area contributed by atoms with E-state index < -0.39 is 57.5 Å². The van der Waals surface area contributed by atoms with Crippen LogP contribution < -0.4 is 11.1 Å². The summed E-state index contributed by atoms with van der Waals surface area (Å²) in [6.45, 7) is 0. The third kappa shape index (κ3) is 4.53. The van der Waals surface area contributed by atoms with E-state index in [0.717, 1.165) is 9.80 Å². The first-order chi connectivity index (χ1) is 16.5. The minimum atomic E-state index is -4.92. The molecule has 2 aliphatic heterocycles. The maximum Gasteiger partial charge on any atom is 0.427 e. The number of alkyl halides is 3. The van der Waals surface area contributed by atoms with E-state index in [1.165, 1.54) is 24.2 Å². The topological polar surface area (TPSA) is 171 Å². The zero-order valence-electron chi connectivity index (χ0n) is 17.3. The Kier molecular flexibility index (Phi) is 6.42. The van der Waals surface area contributed by atoms with E-state index in [4.69, 9.17) is 5.73 Å². The Bertz CT molecular complexity index is 1260. The van der Waals surface area contributed by atoms with Gasteiger partial charge in [-0.1, -0.05) is 28.3 Å². The molecule has 2 amide bonds. The van der Waals surface area contributed by atoms with Gasteiger partial charge in [0, 0.05) is 22.2 Å². The summed E-state index contributed by atoms with van der Waals surface area (Å²) in [5.41, 5.74) is 3.05. The summed E-state index contributed by atoms with van der Waals surface area (Å²) >= 11 is 1.23. The normalized spacial score (nSPS) is 20.4. The van der Waals surface area contributed by atoms with E-state index in [-0.39, 0.29) is 29.9 Å². The van der Waals surface area contributed by atoms with Gasteiger partial charge in [0.15, 0.2) is 10.8 Å². The van der Waals surface area contributed by atoms with Gasteiger partial charge in [-0.3, -0.25) is 19.5 Å². The van der Waals surface area contributed by atoms with Crippen LogP contribution in [0.3, 0.4) is 0 Å². The molecule has 35 heavy (non-hydrogen) atoms. The molecular formula is C19H15F3N6O5S2. The van der Waals surface area contributed by atoms with Crippen LogP contribution in [0.1, 0.15) is 23.4 Å². The number of anilines is 1. The molecule has 2 aromatic heterocycles. The highest BCUT2D eigenvalue weighted by atomic mass is 32.2. The van der Waals surface area contributed by atoms with Crippen LogP contribution in [0.15, 0.2) is 45.2 Å². The van der Waals surface area contributed by atoms with Crippen molar-refractivity contribution in [3.05, 3.63) is 45.7 Å². The number of β-lactam (4-membered cyclic amide) rings is 1. The Morgan fingerprint density at radius 1 is 1.31 bits per heavy atom. The number of nitrogens with one attached hydrogen (secondary N) is 1. The molecule has 0 aromatic carbocycles. The number of fused-ring (bicyclic) bond motifs is 1. The predicted molar refractivity (Wildman–Crippen MR) is 116 cm³/mol. The summed E-state index contributed by atoms with van der Waals surface area (Å²) in [4.78, 5) is 45.6. The Hall–Kier alpha value is -3.66. The number of carbonyl (C=O) groups is 3. The van der Waals surface area contributed by atoms with Gasteiger partial charge < -0.3 is 21.4 Å². The van der Waals surface area contributed by atoms with Gasteiger partial charge in [-0.25, -0.2) is 9.78 Å². The maximum atomic E-state index is 13.3. The number of pyridine rings is 1.